The molecule has 1 aromatic heterocycles. The van der Waals surface area contributed by atoms with Gasteiger partial charge in [0.15, 0.2) is 0 Å². The fraction of sp³-hybridized carbons (Fsp3) is 0.235. The fourth-order valence-electron chi connectivity index (χ4n) is 2.21. The van der Waals surface area contributed by atoms with Gasteiger partial charge in [0.2, 0.25) is 0 Å². The van der Waals surface area contributed by atoms with E-state index in [1.165, 1.54) is 0 Å². The Labute approximate surface area is 143 Å². The van der Waals surface area contributed by atoms with E-state index in [2.05, 4.69) is 31.5 Å². The number of carbonyl (C=O) groups excluding carboxylic acids is 2. The summed E-state index contributed by atoms with van der Waals surface area (Å²) in [6, 6.07) is 8.99. The molecule has 1 atom stereocenters. The van der Waals surface area contributed by atoms with Gasteiger partial charge >= 0.3 is 11.8 Å². The van der Waals surface area contributed by atoms with Crippen molar-refractivity contribution in [2.24, 2.45) is 0 Å². The Bertz CT molecular complexity index is 729. The van der Waals surface area contributed by atoms with Crippen LogP contribution in [-0.2, 0) is 9.59 Å². The number of nitrogens with one attached hydrogen (secondary N) is 2. The predicted octanol–water partition coefficient (Wildman–Crippen LogP) is 3.28. The van der Waals surface area contributed by atoms with Crippen molar-refractivity contribution in [3.8, 4) is 0 Å². The number of amides is 2. The van der Waals surface area contributed by atoms with E-state index in [0.29, 0.717) is 5.82 Å². The molecule has 0 saturated heterocycles. The molecule has 0 saturated carbocycles. The van der Waals surface area contributed by atoms with E-state index in [1.807, 2.05) is 39.0 Å². The van der Waals surface area contributed by atoms with Crippen molar-refractivity contribution in [3.63, 3.8) is 0 Å². The molecule has 6 heteroatoms. The summed E-state index contributed by atoms with van der Waals surface area (Å²) >= 11 is 3.26. The number of hydrogen-bond donors (Lipinski definition) is 2. The van der Waals surface area contributed by atoms with Crippen LogP contribution >= 0.6 is 15.9 Å². The van der Waals surface area contributed by atoms with Gasteiger partial charge in [-0.1, -0.05) is 18.2 Å². The molecule has 0 aliphatic carbocycles. The average molecular weight is 376 g/mol. The topological polar surface area (TPSA) is 71.1 Å². The first-order chi connectivity index (χ1) is 10.9. The Morgan fingerprint density at radius 3 is 2.52 bits per heavy atom. The van der Waals surface area contributed by atoms with Gasteiger partial charge in [-0.15, -0.1) is 0 Å². The molecule has 2 N–H and O–H groups in total. The van der Waals surface area contributed by atoms with Crippen molar-refractivity contribution in [3.05, 3.63) is 57.7 Å². The van der Waals surface area contributed by atoms with Crippen LogP contribution in [-0.4, -0.2) is 16.8 Å². The van der Waals surface area contributed by atoms with Crippen LogP contribution < -0.4 is 10.6 Å². The Hall–Kier alpha value is -2.21. The van der Waals surface area contributed by atoms with Crippen LogP contribution in [0, 0.1) is 13.8 Å². The van der Waals surface area contributed by atoms with Gasteiger partial charge < -0.3 is 10.6 Å². The minimum absolute atomic E-state index is 0.258. The number of aryl methyl sites for hydroxylation is 1. The first-order valence-corrected chi connectivity index (χ1v) is 7.97. The van der Waals surface area contributed by atoms with Gasteiger partial charge in [0.25, 0.3) is 0 Å². The molecule has 0 radical (unpaired) electrons. The third-order valence-corrected chi connectivity index (χ3v) is 4.10. The summed E-state index contributed by atoms with van der Waals surface area (Å²) in [5.74, 6) is -1.10. The van der Waals surface area contributed by atoms with E-state index in [1.54, 1.807) is 18.3 Å². The first-order valence-electron chi connectivity index (χ1n) is 7.18. The zero-order valence-electron chi connectivity index (χ0n) is 13.2. The molecule has 2 aromatic rings. The lowest BCUT2D eigenvalue weighted by Crippen LogP contribution is -2.37. The smallest absolute Gasteiger partial charge is 0.314 e. The van der Waals surface area contributed by atoms with Gasteiger partial charge in [-0.25, -0.2) is 4.98 Å². The Morgan fingerprint density at radius 2 is 1.87 bits per heavy atom. The minimum atomic E-state index is -0.739. The van der Waals surface area contributed by atoms with Crippen LogP contribution in [0.1, 0.15) is 29.7 Å². The number of benzene rings is 1. The highest BCUT2D eigenvalue weighted by Gasteiger charge is 2.18. The highest BCUT2D eigenvalue weighted by Crippen LogP contribution is 2.20. The number of pyridine rings is 1. The summed E-state index contributed by atoms with van der Waals surface area (Å²) in [5, 5.41) is 5.18. The van der Waals surface area contributed by atoms with Gasteiger partial charge in [-0.05, 0) is 65.5 Å². The van der Waals surface area contributed by atoms with Crippen LogP contribution in [0.15, 0.2) is 41.0 Å². The number of aromatic nitrogens is 1. The van der Waals surface area contributed by atoms with E-state index < -0.39 is 11.8 Å². The molecule has 0 unspecified atom stereocenters. The molecule has 120 valence electrons. The van der Waals surface area contributed by atoms with E-state index in [9.17, 15) is 9.59 Å². The van der Waals surface area contributed by atoms with Gasteiger partial charge in [-0.2, -0.15) is 0 Å². The van der Waals surface area contributed by atoms with E-state index >= 15 is 0 Å². The second kappa shape index (κ2) is 7.37. The van der Waals surface area contributed by atoms with Crippen molar-refractivity contribution in [2.45, 2.75) is 26.8 Å². The Morgan fingerprint density at radius 1 is 1.13 bits per heavy atom. The molecule has 0 aliphatic rings. The van der Waals surface area contributed by atoms with Crippen LogP contribution in [0.2, 0.25) is 0 Å². The van der Waals surface area contributed by atoms with Crippen molar-refractivity contribution < 1.29 is 9.59 Å². The maximum atomic E-state index is 12.0. The van der Waals surface area contributed by atoms with Gasteiger partial charge in [0.1, 0.15) is 5.82 Å². The summed E-state index contributed by atoms with van der Waals surface area (Å²) in [6.07, 6.45) is 1.55. The van der Waals surface area contributed by atoms with E-state index in [4.69, 9.17) is 0 Å². The monoisotopic (exact) mass is 375 g/mol. The fourth-order valence-corrected chi connectivity index (χ4v) is 2.44. The summed E-state index contributed by atoms with van der Waals surface area (Å²) < 4.78 is 0.795. The normalized spacial score (nSPS) is 11.7. The van der Waals surface area contributed by atoms with Gasteiger partial charge in [-0.3, -0.25) is 9.59 Å². The highest BCUT2D eigenvalue weighted by molar-refractivity contribution is 9.10. The SMILES string of the molecule is Cc1cccc([C@@H](C)NC(=O)C(=O)Nc2ccc(Br)cn2)c1C. The van der Waals surface area contributed by atoms with E-state index in [0.717, 1.165) is 21.2 Å². The van der Waals surface area contributed by atoms with Crippen molar-refractivity contribution >= 4 is 33.6 Å². The lowest BCUT2D eigenvalue weighted by Gasteiger charge is -2.17. The minimum Gasteiger partial charge on any atom is -0.341 e. The molecule has 23 heavy (non-hydrogen) atoms. The highest BCUT2D eigenvalue weighted by atomic mass is 79.9. The third-order valence-electron chi connectivity index (χ3n) is 3.64. The third kappa shape index (κ3) is 4.39. The standard InChI is InChI=1S/C17H18BrN3O2/c1-10-5-4-6-14(11(10)2)12(3)20-16(22)17(23)21-15-8-7-13(18)9-19-15/h4-9,12H,1-3H3,(H,20,22)(H,19,21,23)/t12-/m1/s1. The molecule has 0 spiro atoms. The van der Waals surface area contributed by atoms with Crippen LogP contribution in [0.5, 0.6) is 0 Å². The number of anilines is 1. The second-order valence-electron chi connectivity index (χ2n) is 5.30. The quantitative estimate of drug-likeness (QED) is 0.808. The molecular formula is C17H18BrN3O2. The zero-order chi connectivity index (χ0) is 17.0. The van der Waals surface area contributed by atoms with Gasteiger partial charge in [0, 0.05) is 10.7 Å². The maximum absolute atomic E-state index is 12.0. The molecule has 2 rings (SSSR count). The van der Waals surface area contributed by atoms with Crippen molar-refractivity contribution in [2.75, 3.05) is 5.32 Å². The summed E-state index contributed by atoms with van der Waals surface area (Å²) in [6.45, 7) is 5.86. The van der Waals surface area contributed by atoms with Crippen LogP contribution in [0.3, 0.4) is 0 Å². The number of rotatable bonds is 3. The summed E-state index contributed by atoms with van der Waals surface area (Å²) in [4.78, 5) is 28.0. The molecule has 1 aromatic carbocycles. The maximum Gasteiger partial charge on any atom is 0.314 e. The Balaban J connectivity index is 2.01. The largest absolute Gasteiger partial charge is 0.341 e. The summed E-state index contributed by atoms with van der Waals surface area (Å²) in [5.41, 5.74) is 3.25. The summed E-state index contributed by atoms with van der Waals surface area (Å²) in [7, 11) is 0. The lowest BCUT2D eigenvalue weighted by atomic mass is 9.98. The van der Waals surface area contributed by atoms with Crippen molar-refractivity contribution in [1.82, 2.24) is 10.3 Å². The predicted molar refractivity (Wildman–Crippen MR) is 93.0 cm³/mol. The number of carbonyl (C=O) groups is 2. The van der Waals surface area contributed by atoms with Gasteiger partial charge in [0.05, 0.1) is 6.04 Å². The molecule has 0 bridgehead atoms. The molecule has 0 aliphatic heterocycles. The second-order valence-corrected chi connectivity index (χ2v) is 6.22. The first kappa shape index (κ1) is 17.1. The Kier molecular flexibility index (Phi) is 5.50. The lowest BCUT2D eigenvalue weighted by molar-refractivity contribution is -0.136. The molecule has 2 amide bonds. The number of hydrogen-bond acceptors (Lipinski definition) is 3. The van der Waals surface area contributed by atoms with Crippen LogP contribution in [0.25, 0.3) is 0 Å². The number of nitrogens with zero attached hydrogens (tertiary/aromatic N) is 1. The molecule has 1 heterocycles. The molecule has 5 nitrogen and oxygen atoms in total. The van der Waals surface area contributed by atoms with Crippen LogP contribution in [0.4, 0.5) is 5.82 Å². The number of halogens is 1. The van der Waals surface area contributed by atoms with Crippen molar-refractivity contribution in [1.29, 1.82) is 0 Å². The molecule has 0 fully saturated rings. The average Bonchev–Trinajstić information content (AvgIpc) is 2.52. The van der Waals surface area contributed by atoms with E-state index in [-0.39, 0.29) is 6.04 Å². The zero-order valence-corrected chi connectivity index (χ0v) is 14.8. The molecular weight excluding hydrogens is 358 g/mol.